The van der Waals surface area contributed by atoms with E-state index in [9.17, 15) is 0 Å². The van der Waals surface area contributed by atoms with Gasteiger partial charge in [0.2, 0.25) is 0 Å². The Morgan fingerprint density at radius 2 is 1.04 bits per heavy atom. The van der Waals surface area contributed by atoms with Crippen LogP contribution in [0.1, 0.15) is 0 Å². The molecule has 10 aromatic rings. The van der Waals surface area contributed by atoms with E-state index in [-0.39, 0.29) is 0 Å². The Labute approximate surface area is 288 Å². The second-order valence-electron chi connectivity index (χ2n) is 12.6. The van der Waals surface area contributed by atoms with Crippen LogP contribution in [0.5, 0.6) is 0 Å². The predicted molar refractivity (Wildman–Crippen MR) is 205 cm³/mol. The van der Waals surface area contributed by atoms with Gasteiger partial charge in [-0.3, -0.25) is 0 Å². The quantitative estimate of drug-likeness (QED) is 0.188. The lowest BCUT2D eigenvalue weighted by Gasteiger charge is -2.14. The standard InChI is InChI=1S/C46H29N3O/c1-2-12-30(13-3-1)31-22-23-33-27-34(25-24-32(33)26-31)39-29-40(45-28-35-14-4-11-21-44(35)50-45)48-46(47-39)38-17-7-10-20-43(38)49-41-18-8-5-15-36(41)37-16-6-9-19-42(37)49/h1-29H. The van der Waals surface area contributed by atoms with Crippen LogP contribution in [0, 0.1) is 0 Å². The van der Waals surface area contributed by atoms with Crippen LogP contribution in [0.3, 0.4) is 0 Å². The van der Waals surface area contributed by atoms with Crippen LogP contribution in [0.25, 0.3) is 94.5 Å². The first-order valence-electron chi connectivity index (χ1n) is 16.8. The molecule has 7 aromatic carbocycles. The van der Waals surface area contributed by atoms with Crippen LogP contribution in [-0.2, 0) is 0 Å². The average molecular weight is 640 g/mol. The van der Waals surface area contributed by atoms with E-state index in [1.54, 1.807) is 0 Å². The summed E-state index contributed by atoms with van der Waals surface area (Å²) in [5.41, 5.74) is 10.0. The van der Waals surface area contributed by atoms with E-state index in [0.717, 1.165) is 55.6 Å². The first-order chi connectivity index (χ1) is 24.8. The van der Waals surface area contributed by atoms with Crippen molar-refractivity contribution in [2.75, 3.05) is 0 Å². The molecule has 3 aromatic heterocycles. The molecule has 0 spiro atoms. The summed E-state index contributed by atoms with van der Waals surface area (Å²) in [4.78, 5) is 10.5. The molecule has 0 saturated heterocycles. The fraction of sp³-hybridized carbons (Fsp3) is 0. The summed E-state index contributed by atoms with van der Waals surface area (Å²) < 4.78 is 8.71. The van der Waals surface area contributed by atoms with E-state index in [0.29, 0.717) is 11.6 Å². The minimum Gasteiger partial charge on any atom is -0.454 e. The topological polar surface area (TPSA) is 43.9 Å². The van der Waals surface area contributed by atoms with Crippen LogP contribution in [0.2, 0.25) is 0 Å². The summed E-state index contributed by atoms with van der Waals surface area (Å²) in [6.07, 6.45) is 0. The van der Waals surface area contributed by atoms with Crippen molar-refractivity contribution in [3.63, 3.8) is 0 Å². The monoisotopic (exact) mass is 639 g/mol. The number of benzene rings is 7. The van der Waals surface area contributed by atoms with Crippen molar-refractivity contribution in [2.24, 2.45) is 0 Å². The summed E-state index contributed by atoms with van der Waals surface area (Å²) in [5.74, 6) is 1.34. The molecule has 0 atom stereocenters. The van der Waals surface area contributed by atoms with Crippen molar-refractivity contribution in [3.8, 4) is 50.9 Å². The molecule has 10 rings (SSSR count). The zero-order valence-electron chi connectivity index (χ0n) is 27.0. The normalized spacial score (nSPS) is 11.6. The maximum absolute atomic E-state index is 6.38. The van der Waals surface area contributed by atoms with Gasteiger partial charge in [-0.1, -0.05) is 121 Å². The third-order valence-corrected chi connectivity index (χ3v) is 9.61. The van der Waals surface area contributed by atoms with Gasteiger partial charge < -0.3 is 8.98 Å². The van der Waals surface area contributed by atoms with E-state index in [2.05, 4.69) is 150 Å². The van der Waals surface area contributed by atoms with Gasteiger partial charge in [-0.25, -0.2) is 9.97 Å². The molecule has 0 unspecified atom stereocenters. The van der Waals surface area contributed by atoms with E-state index in [1.807, 2.05) is 30.3 Å². The van der Waals surface area contributed by atoms with Crippen molar-refractivity contribution in [1.82, 2.24) is 14.5 Å². The Hall–Kier alpha value is -6.78. The van der Waals surface area contributed by atoms with Crippen LogP contribution >= 0.6 is 0 Å². The number of hydrogen-bond acceptors (Lipinski definition) is 3. The highest BCUT2D eigenvalue weighted by Gasteiger charge is 2.19. The Morgan fingerprint density at radius 1 is 0.420 bits per heavy atom. The number of para-hydroxylation sites is 4. The Balaban J connectivity index is 1.18. The van der Waals surface area contributed by atoms with Crippen molar-refractivity contribution in [1.29, 1.82) is 0 Å². The van der Waals surface area contributed by atoms with Gasteiger partial charge in [0.1, 0.15) is 11.3 Å². The zero-order valence-corrected chi connectivity index (χ0v) is 27.0. The summed E-state index contributed by atoms with van der Waals surface area (Å²) >= 11 is 0. The smallest absolute Gasteiger partial charge is 0.162 e. The molecule has 0 bridgehead atoms. The molecule has 0 radical (unpaired) electrons. The van der Waals surface area contributed by atoms with Crippen molar-refractivity contribution in [2.45, 2.75) is 0 Å². The van der Waals surface area contributed by atoms with Gasteiger partial charge in [-0.15, -0.1) is 0 Å². The third-order valence-electron chi connectivity index (χ3n) is 9.61. The minimum absolute atomic E-state index is 0.634. The maximum atomic E-state index is 6.38. The fourth-order valence-electron chi connectivity index (χ4n) is 7.20. The van der Waals surface area contributed by atoms with E-state index < -0.39 is 0 Å². The third kappa shape index (κ3) is 4.69. The van der Waals surface area contributed by atoms with Crippen molar-refractivity contribution in [3.05, 3.63) is 176 Å². The molecule has 0 saturated carbocycles. The Bertz CT molecular complexity index is 2800. The number of aromatic nitrogens is 3. The summed E-state index contributed by atoms with van der Waals surface area (Å²) in [6.45, 7) is 0. The SMILES string of the molecule is c1ccc(-c2ccc3cc(-c4cc(-c5cc6ccccc6o5)nc(-c5ccccc5-n5c6ccccc6c6ccccc65)n4)ccc3c2)cc1. The Kier molecular flexibility index (Phi) is 6.46. The summed E-state index contributed by atoms with van der Waals surface area (Å²) in [6, 6.07) is 61.4. The van der Waals surface area contributed by atoms with Crippen LogP contribution in [0.15, 0.2) is 180 Å². The number of hydrogen-bond donors (Lipinski definition) is 0. The fourth-order valence-corrected chi connectivity index (χ4v) is 7.20. The average Bonchev–Trinajstić information content (AvgIpc) is 3.78. The highest BCUT2D eigenvalue weighted by molar-refractivity contribution is 6.09. The molecule has 4 nitrogen and oxygen atoms in total. The van der Waals surface area contributed by atoms with Gasteiger partial charge in [0.15, 0.2) is 11.6 Å². The zero-order chi connectivity index (χ0) is 33.0. The van der Waals surface area contributed by atoms with Gasteiger partial charge in [0, 0.05) is 27.3 Å². The first-order valence-corrected chi connectivity index (χ1v) is 16.8. The van der Waals surface area contributed by atoms with Gasteiger partial charge >= 0.3 is 0 Å². The molecule has 4 heteroatoms. The number of nitrogens with zero attached hydrogens (tertiary/aromatic N) is 3. The Morgan fingerprint density at radius 3 is 1.82 bits per heavy atom. The molecule has 0 N–H and O–H groups in total. The number of fused-ring (bicyclic) bond motifs is 5. The molecule has 50 heavy (non-hydrogen) atoms. The predicted octanol–water partition coefficient (Wildman–Crippen LogP) is 12.1. The molecular formula is C46H29N3O. The lowest BCUT2D eigenvalue weighted by atomic mass is 9.99. The summed E-state index contributed by atoms with van der Waals surface area (Å²) in [7, 11) is 0. The van der Waals surface area contributed by atoms with Gasteiger partial charge in [-0.2, -0.15) is 0 Å². The summed E-state index contributed by atoms with van der Waals surface area (Å²) in [5, 5.41) is 5.79. The molecule has 234 valence electrons. The molecule has 0 amide bonds. The lowest BCUT2D eigenvalue weighted by Crippen LogP contribution is -2.01. The first kappa shape index (κ1) is 28.3. The van der Waals surface area contributed by atoms with E-state index in [1.165, 1.54) is 27.3 Å². The van der Waals surface area contributed by atoms with Gasteiger partial charge in [0.25, 0.3) is 0 Å². The van der Waals surface area contributed by atoms with Gasteiger partial charge in [0.05, 0.1) is 22.4 Å². The van der Waals surface area contributed by atoms with Crippen LogP contribution in [-0.4, -0.2) is 14.5 Å². The number of rotatable bonds is 5. The van der Waals surface area contributed by atoms with Crippen LogP contribution < -0.4 is 0 Å². The number of furan rings is 1. The van der Waals surface area contributed by atoms with E-state index in [4.69, 9.17) is 14.4 Å². The van der Waals surface area contributed by atoms with Crippen molar-refractivity contribution < 1.29 is 4.42 Å². The highest BCUT2D eigenvalue weighted by Crippen LogP contribution is 2.38. The maximum Gasteiger partial charge on any atom is 0.162 e. The molecule has 0 aliphatic carbocycles. The van der Waals surface area contributed by atoms with Gasteiger partial charge in [-0.05, 0) is 76.5 Å². The molecule has 0 aliphatic rings. The second kappa shape index (κ2) is 11.4. The van der Waals surface area contributed by atoms with Crippen molar-refractivity contribution >= 4 is 43.5 Å². The second-order valence-corrected chi connectivity index (χ2v) is 12.6. The molecule has 3 heterocycles. The van der Waals surface area contributed by atoms with E-state index >= 15 is 0 Å². The molecular weight excluding hydrogens is 611 g/mol. The largest absolute Gasteiger partial charge is 0.454 e. The minimum atomic E-state index is 0.634. The highest BCUT2D eigenvalue weighted by atomic mass is 16.3. The molecule has 0 aliphatic heterocycles. The van der Waals surface area contributed by atoms with Crippen LogP contribution in [0.4, 0.5) is 0 Å². The lowest BCUT2D eigenvalue weighted by molar-refractivity contribution is 0.628. The molecule has 0 fully saturated rings.